The van der Waals surface area contributed by atoms with Gasteiger partial charge in [0.05, 0.1) is 25.6 Å². The van der Waals surface area contributed by atoms with Crippen molar-refractivity contribution < 1.29 is 38.2 Å². The Morgan fingerprint density at radius 2 is 0.879 bits per heavy atom. The van der Waals surface area contributed by atoms with Gasteiger partial charge in [-0.05, 0) is 81.2 Å². The van der Waals surface area contributed by atoms with Gasteiger partial charge in [0.15, 0.2) is 23.1 Å². The minimum Gasteiger partial charge on any atom is -0.459 e. The molecule has 316 valence electrons. The van der Waals surface area contributed by atoms with Crippen molar-refractivity contribution >= 4 is 112 Å². The molecule has 0 spiro atoms. The lowest BCUT2D eigenvalue weighted by Gasteiger charge is -2.26. The van der Waals surface area contributed by atoms with E-state index in [-0.39, 0.29) is 35.9 Å². The molecule has 0 radical (unpaired) electrons. The van der Waals surface area contributed by atoms with Gasteiger partial charge in [0.25, 0.3) is 0 Å². The van der Waals surface area contributed by atoms with E-state index in [0.717, 1.165) is 26.2 Å². The third-order valence-electron chi connectivity index (χ3n) is 12.5. The van der Waals surface area contributed by atoms with Crippen molar-refractivity contribution in [3.63, 3.8) is 0 Å². The van der Waals surface area contributed by atoms with Gasteiger partial charge in [-0.25, -0.2) is 0 Å². The Morgan fingerprint density at radius 1 is 0.470 bits per heavy atom. The summed E-state index contributed by atoms with van der Waals surface area (Å²) in [5, 5.41) is 3.39. The lowest BCUT2D eigenvalue weighted by atomic mass is 9.79. The zero-order valence-corrected chi connectivity index (χ0v) is 36.9. The van der Waals surface area contributed by atoms with Crippen LogP contribution in [0.1, 0.15) is 73.4 Å². The quantitative estimate of drug-likeness (QED) is 0.0639. The molecule has 11 heteroatoms. The zero-order chi connectivity index (χ0) is 44.8. The van der Waals surface area contributed by atoms with E-state index in [1.54, 1.807) is 42.5 Å². The van der Waals surface area contributed by atoms with Crippen LogP contribution in [-0.2, 0) is 37.7 Å². The number of ketones is 4. The molecule has 0 fully saturated rings. The monoisotopic (exact) mass is 914 g/mol. The number of ether oxygens (including phenoxy) is 2. The molecule has 0 N–H and O–H groups in total. The predicted molar refractivity (Wildman–Crippen MR) is 257 cm³/mol. The molecule has 0 unspecified atom stereocenters. The second-order valence-electron chi connectivity index (χ2n) is 16.3. The smallest absolute Gasteiger partial charge is 0.333 e. The average Bonchev–Trinajstić information content (AvgIpc) is 4.17. The van der Waals surface area contributed by atoms with E-state index in [1.807, 2.05) is 115 Å². The first-order valence-corrected chi connectivity index (χ1v) is 23.4. The summed E-state index contributed by atoms with van der Waals surface area (Å²) in [7, 11) is 0. The van der Waals surface area contributed by atoms with Crippen molar-refractivity contribution in [2.24, 2.45) is 0 Å². The van der Waals surface area contributed by atoms with Crippen LogP contribution in [0, 0.1) is 0 Å². The molecule has 3 aliphatic rings. The Balaban J connectivity index is 1.01. The van der Waals surface area contributed by atoms with E-state index in [2.05, 4.69) is 0 Å². The van der Waals surface area contributed by atoms with Gasteiger partial charge in [-0.1, -0.05) is 109 Å². The molecule has 8 nitrogen and oxygen atoms in total. The van der Waals surface area contributed by atoms with Gasteiger partial charge in [0, 0.05) is 47.8 Å². The summed E-state index contributed by atoms with van der Waals surface area (Å²) in [6, 6.07) is 43.9. The Kier molecular flexibility index (Phi) is 9.18. The van der Waals surface area contributed by atoms with Crippen LogP contribution in [0.5, 0.6) is 0 Å². The summed E-state index contributed by atoms with van der Waals surface area (Å²) in [5.74, 6) is -3.26. The van der Waals surface area contributed by atoms with Gasteiger partial charge in [-0.3, -0.25) is 28.8 Å². The average molecular weight is 915 g/mol. The van der Waals surface area contributed by atoms with Gasteiger partial charge in [-0.2, -0.15) is 0 Å². The van der Waals surface area contributed by atoms with Crippen molar-refractivity contribution in [3.05, 3.63) is 211 Å². The number of esters is 2. The summed E-state index contributed by atoms with van der Waals surface area (Å²) in [4.78, 5) is 88.3. The number of hydrogen-bond acceptors (Lipinski definition) is 11. The maximum atomic E-state index is 15.2. The van der Waals surface area contributed by atoms with E-state index in [1.165, 1.54) is 34.0 Å². The highest BCUT2D eigenvalue weighted by Crippen LogP contribution is 2.61. The summed E-state index contributed by atoms with van der Waals surface area (Å²) >= 11 is 3.89. The Hall–Kier alpha value is -7.70. The molecule has 3 aliphatic carbocycles. The van der Waals surface area contributed by atoms with Crippen LogP contribution in [0.25, 0.3) is 52.9 Å². The number of rotatable bonds is 8. The van der Waals surface area contributed by atoms with E-state index in [9.17, 15) is 19.2 Å². The van der Waals surface area contributed by atoms with Gasteiger partial charge in [0.1, 0.15) is 13.2 Å². The Bertz CT molecular complexity index is 3550. The molecule has 0 atom stereocenters. The van der Waals surface area contributed by atoms with Crippen LogP contribution in [0.3, 0.4) is 0 Å². The minimum absolute atomic E-state index is 0.0135. The molecule has 66 heavy (non-hydrogen) atoms. The number of carbonyl (C=O) groups excluding carboxylic acids is 6. The van der Waals surface area contributed by atoms with E-state index >= 15 is 9.59 Å². The summed E-state index contributed by atoms with van der Waals surface area (Å²) < 4.78 is 13.6. The standard InChI is InChI=1S/C55H30O8S3/c56-46-37-19-31-15-7-8-16-32(31)20-38(37)47(57)41(46)23-35-25-43-50(64-35)52-45(55(43,53(60)62-27-29-11-3-1-4-12-29)54(61)63-28-30-13-5-2-6-14-30)51-44(66-52)26-36(65-51)24-42-48(58)39-21-33-17-9-10-18-34(33)22-40(39)49(42)59/h1-26H,27-28H2. The fraction of sp³-hybridized carbons (Fsp3) is 0.0545. The van der Waals surface area contributed by atoms with Gasteiger partial charge in [0.2, 0.25) is 5.41 Å². The number of Topliss-reactive ketones (excluding diaryl/α,β-unsaturated/α-hetero) is 4. The van der Waals surface area contributed by atoms with Gasteiger partial charge < -0.3 is 9.47 Å². The van der Waals surface area contributed by atoms with Crippen molar-refractivity contribution in [2.75, 3.05) is 0 Å². The number of thiophene rings is 3. The molecule has 0 saturated carbocycles. The van der Waals surface area contributed by atoms with Crippen LogP contribution in [0.15, 0.2) is 157 Å². The summed E-state index contributed by atoms with van der Waals surface area (Å²) in [6.45, 7) is -0.271. The van der Waals surface area contributed by atoms with E-state index in [0.29, 0.717) is 68.7 Å². The first-order valence-electron chi connectivity index (χ1n) is 21.0. The minimum atomic E-state index is -2.14. The van der Waals surface area contributed by atoms with Crippen molar-refractivity contribution in [2.45, 2.75) is 18.6 Å². The maximum Gasteiger partial charge on any atom is 0.333 e. The predicted octanol–water partition coefficient (Wildman–Crippen LogP) is 12.0. The molecule has 0 amide bonds. The molecule has 6 aromatic carbocycles. The lowest BCUT2D eigenvalue weighted by Crippen LogP contribution is -2.45. The molecule has 3 aromatic heterocycles. The van der Waals surface area contributed by atoms with Crippen LogP contribution in [0.4, 0.5) is 0 Å². The van der Waals surface area contributed by atoms with Crippen molar-refractivity contribution in [1.29, 1.82) is 0 Å². The number of fused-ring (bicyclic) bond motifs is 9. The van der Waals surface area contributed by atoms with Gasteiger partial charge >= 0.3 is 11.9 Å². The fourth-order valence-electron chi connectivity index (χ4n) is 9.28. The third kappa shape index (κ3) is 6.08. The molecule has 0 aliphatic heterocycles. The highest BCUT2D eigenvalue weighted by atomic mass is 32.1. The van der Waals surface area contributed by atoms with Crippen molar-refractivity contribution in [3.8, 4) is 9.75 Å². The normalized spacial score (nSPS) is 14.5. The largest absolute Gasteiger partial charge is 0.459 e. The first kappa shape index (κ1) is 39.9. The van der Waals surface area contributed by atoms with Crippen LogP contribution >= 0.6 is 34.0 Å². The molecule has 0 bridgehead atoms. The topological polar surface area (TPSA) is 121 Å². The van der Waals surface area contributed by atoms with Gasteiger partial charge in [-0.15, -0.1) is 34.0 Å². The SMILES string of the molecule is O=C1C(=Cc2cc3c(s2)-c2sc4cc(C=C5C(=O)c6cc7ccccc7cc6C5=O)sc4c2C3(C(=O)OCc2ccccc2)C(=O)OCc2ccccc2)C(=O)c2cc3ccccc3cc21. The second kappa shape index (κ2) is 15.2. The Morgan fingerprint density at radius 3 is 1.32 bits per heavy atom. The van der Waals surface area contributed by atoms with E-state index in [4.69, 9.17) is 9.47 Å². The number of benzene rings is 6. The summed E-state index contributed by atoms with van der Waals surface area (Å²) in [5.41, 5.74) is 1.33. The van der Waals surface area contributed by atoms with Crippen molar-refractivity contribution in [1.82, 2.24) is 0 Å². The fourth-order valence-corrected chi connectivity index (χ4v) is 13.3. The molecular formula is C55H30O8S3. The maximum absolute atomic E-state index is 15.2. The number of hydrogen-bond donors (Lipinski definition) is 0. The molecular weight excluding hydrogens is 885 g/mol. The van der Waals surface area contributed by atoms with Crippen LogP contribution in [0.2, 0.25) is 0 Å². The highest BCUT2D eigenvalue weighted by Gasteiger charge is 2.61. The second-order valence-corrected chi connectivity index (χ2v) is 19.6. The highest BCUT2D eigenvalue weighted by molar-refractivity contribution is 7.32. The van der Waals surface area contributed by atoms with E-state index < -0.39 is 28.9 Å². The summed E-state index contributed by atoms with van der Waals surface area (Å²) in [6.07, 6.45) is 3.14. The molecule has 12 rings (SSSR count). The molecule has 9 aromatic rings. The third-order valence-corrected chi connectivity index (χ3v) is 16.1. The van der Waals surface area contributed by atoms with Crippen LogP contribution < -0.4 is 0 Å². The number of allylic oxidation sites excluding steroid dienone is 2. The number of carbonyl (C=O) groups is 6. The molecule has 0 saturated heterocycles. The van der Waals surface area contributed by atoms with Crippen LogP contribution in [-0.4, -0.2) is 35.1 Å². The lowest BCUT2D eigenvalue weighted by molar-refractivity contribution is -0.164. The first-order chi connectivity index (χ1) is 32.2. The molecule has 3 heterocycles. The zero-order valence-electron chi connectivity index (χ0n) is 34.4. The Labute approximate surface area is 387 Å².